The summed E-state index contributed by atoms with van der Waals surface area (Å²) in [5.41, 5.74) is 1.33. The molecule has 2 aromatic rings. The van der Waals surface area contributed by atoms with Crippen molar-refractivity contribution < 1.29 is 23.5 Å². The van der Waals surface area contributed by atoms with Crippen LogP contribution in [0.3, 0.4) is 0 Å². The van der Waals surface area contributed by atoms with Crippen molar-refractivity contribution in [3.05, 3.63) is 35.1 Å². The number of carbonyl (C=O) groups excluding carboxylic acids is 2. The number of furan rings is 1. The summed E-state index contributed by atoms with van der Waals surface area (Å²) in [6.07, 6.45) is 3.05. The van der Waals surface area contributed by atoms with Crippen molar-refractivity contribution in [3.63, 3.8) is 0 Å². The Labute approximate surface area is 176 Å². The Kier molecular flexibility index (Phi) is 6.47. The van der Waals surface area contributed by atoms with E-state index in [-0.39, 0.29) is 36.4 Å². The number of fused-ring (bicyclic) bond motifs is 1. The highest BCUT2D eigenvalue weighted by Gasteiger charge is 2.26. The van der Waals surface area contributed by atoms with Gasteiger partial charge in [0.2, 0.25) is 0 Å². The summed E-state index contributed by atoms with van der Waals surface area (Å²) >= 11 is 0. The van der Waals surface area contributed by atoms with Gasteiger partial charge in [0.1, 0.15) is 17.8 Å². The molecule has 1 aliphatic carbocycles. The molecule has 0 spiro atoms. The third-order valence-electron chi connectivity index (χ3n) is 5.14. The van der Waals surface area contributed by atoms with Gasteiger partial charge in [-0.05, 0) is 71.6 Å². The van der Waals surface area contributed by atoms with Crippen LogP contribution in [-0.4, -0.2) is 36.2 Å². The molecule has 1 N–H and O–H groups in total. The number of rotatable bonds is 5. The lowest BCUT2D eigenvalue weighted by molar-refractivity contribution is -0.162. The van der Waals surface area contributed by atoms with E-state index in [0.717, 1.165) is 36.6 Å². The van der Waals surface area contributed by atoms with Crippen LogP contribution in [0, 0.1) is 18.3 Å². The predicted molar refractivity (Wildman–Crippen MR) is 111 cm³/mol. The summed E-state index contributed by atoms with van der Waals surface area (Å²) in [7, 11) is 0. The number of amides is 1. The molecule has 1 amide bonds. The Hall–Kier alpha value is -2.85. The zero-order valence-corrected chi connectivity index (χ0v) is 17.9. The van der Waals surface area contributed by atoms with Crippen LogP contribution in [0.1, 0.15) is 68.1 Å². The second-order valence-corrected chi connectivity index (χ2v) is 8.72. The first-order chi connectivity index (χ1) is 14.2. The monoisotopic (exact) mass is 412 g/mol. The molecule has 1 saturated carbocycles. The molecule has 0 bridgehead atoms. The van der Waals surface area contributed by atoms with Crippen molar-refractivity contribution in [1.29, 1.82) is 5.26 Å². The molecule has 1 aromatic carbocycles. The van der Waals surface area contributed by atoms with Crippen LogP contribution in [0.5, 0.6) is 0 Å². The van der Waals surface area contributed by atoms with Crippen molar-refractivity contribution in [2.75, 3.05) is 6.61 Å². The minimum atomic E-state index is -0.520. The molecule has 30 heavy (non-hydrogen) atoms. The second kappa shape index (κ2) is 8.88. The lowest BCUT2D eigenvalue weighted by Crippen LogP contribution is -2.39. The van der Waals surface area contributed by atoms with Crippen LogP contribution in [-0.2, 0) is 14.3 Å². The molecule has 0 unspecified atom stereocenters. The zero-order valence-electron chi connectivity index (χ0n) is 17.9. The first-order valence-corrected chi connectivity index (χ1v) is 10.2. The highest BCUT2D eigenvalue weighted by Crippen LogP contribution is 2.27. The van der Waals surface area contributed by atoms with E-state index in [1.165, 1.54) is 0 Å². The molecular weight excluding hydrogens is 384 g/mol. The summed E-state index contributed by atoms with van der Waals surface area (Å²) in [6, 6.07) is 7.25. The number of hydrogen-bond donors (Lipinski definition) is 1. The van der Waals surface area contributed by atoms with Crippen molar-refractivity contribution in [2.24, 2.45) is 0 Å². The predicted octanol–water partition coefficient (Wildman–Crippen LogP) is 4.01. The number of nitriles is 1. The lowest BCUT2D eigenvalue weighted by Gasteiger charge is -2.29. The van der Waals surface area contributed by atoms with Crippen molar-refractivity contribution in [3.8, 4) is 6.07 Å². The minimum Gasteiger partial charge on any atom is -0.458 e. The SMILES string of the molecule is Cc1c(C(=O)N[C@H]2CC[C@H](OCC(=O)OC(C)(C)C)CC2)oc2ccc(C#N)cc12. The molecule has 0 saturated heterocycles. The van der Waals surface area contributed by atoms with E-state index in [1.807, 2.05) is 27.7 Å². The summed E-state index contributed by atoms with van der Waals surface area (Å²) < 4.78 is 16.7. The summed E-state index contributed by atoms with van der Waals surface area (Å²) in [4.78, 5) is 24.5. The fraction of sp³-hybridized carbons (Fsp3) is 0.522. The molecule has 7 nitrogen and oxygen atoms in total. The Bertz CT molecular complexity index is 972. The number of ether oxygens (including phenoxy) is 2. The van der Waals surface area contributed by atoms with Gasteiger partial charge in [0, 0.05) is 17.0 Å². The number of hydrogen-bond acceptors (Lipinski definition) is 6. The third-order valence-corrected chi connectivity index (χ3v) is 5.14. The van der Waals surface area contributed by atoms with Crippen molar-refractivity contribution in [1.82, 2.24) is 5.32 Å². The van der Waals surface area contributed by atoms with E-state index in [1.54, 1.807) is 18.2 Å². The smallest absolute Gasteiger partial charge is 0.332 e. The van der Waals surface area contributed by atoms with E-state index in [2.05, 4.69) is 11.4 Å². The van der Waals surface area contributed by atoms with Crippen molar-refractivity contribution >= 4 is 22.8 Å². The number of carbonyl (C=O) groups is 2. The second-order valence-electron chi connectivity index (χ2n) is 8.72. The number of nitrogens with one attached hydrogen (secondary N) is 1. The minimum absolute atomic E-state index is 0.0111. The first kappa shape index (κ1) is 21.8. The molecule has 0 radical (unpaired) electrons. The number of esters is 1. The van der Waals surface area contributed by atoms with Gasteiger partial charge >= 0.3 is 5.97 Å². The molecule has 0 atom stereocenters. The summed E-state index contributed by atoms with van der Waals surface area (Å²) in [5, 5.41) is 12.9. The Morgan fingerprint density at radius 3 is 2.57 bits per heavy atom. The van der Waals surface area contributed by atoms with Crippen LogP contribution < -0.4 is 5.32 Å². The summed E-state index contributed by atoms with van der Waals surface area (Å²) in [5.74, 6) is -0.332. The quantitative estimate of drug-likeness (QED) is 0.745. The van der Waals surface area contributed by atoms with Crippen LogP contribution in [0.25, 0.3) is 11.0 Å². The molecule has 1 aromatic heterocycles. The van der Waals surface area contributed by atoms with E-state index >= 15 is 0 Å². The van der Waals surface area contributed by atoms with Gasteiger partial charge in [-0.25, -0.2) is 4.79 Å². The van der Waals surface area contributed by atoms with E-state index in [9.17, 15) is 9.59 Å². The van der Waals surface area contributed by atoms with Crippen LogP contribution in [0.2, 0.25) is 0 Å². The highest BCUT2D eigenvalue weighted by molar-refractivity contribution is 5.99. The van der Waals surface area contributed by atoms with Gasteiger partial charge in [-0.3, -0.25) is 4.79 Å². The number of benzene rings is 1. The van der Waals surface area contributed by atoms with Crippen LogP contribution in [0.4, 0.5) is 0 Å². The zero-order chi connectivity index (χ0) is 21.9. The van der Waals surface area contributed by atoms with Gasteiger partial charge < -0.3 is 19.2 Å². The molecule has 1 heterocycles. The number of nitrogens with zero attached hydrogens (tertiary/aromatic N) is 1. The molecular formula is C23H28N2O5. The third kappa shape index (κ3) is 5.39. The Morgan fingerprint density at radius 1 is 1.23 bits per heavy atom. The first-order valence-electron chi connectivity index (χ1n) is 10.2. The average Bonchev–Trinajstić information content (AvgIpc) is 3.02. The largest absolute Gasteiger partial charge is 0.458 e. The standard InChI is InChI=1S/C23H28N2O5/c1-14-18-11-15(12-24)5-10-19(18)29-21(14)22(27)25-16-6-8-17(9-7-16)28-13-20(26)30-23(2,3)4/h5,10-11,16-17H,6-9,13H2,1-4H3,(H,25,27)/t16-,17-. The fourth-order valence-electron chi connectivity index (χ4n) is 3.69. The average molecular weight is 412 g/mol. The van der Waals surface area contributed by atoms with E-state index in [4.69, 9.17) is 19.2 Å². The Balaban J connectivity index is 1.51. The maximum absolute atomic E-state index is 12.7. The van der Waals surface area contributed by atoms with Crippen LogP contribution >= 0.6 is 0 Å². The maximum Gasteiger partial charge on any atom is 0.332 e. The van der Waals surface area contributed by atoms with Crippen LogP contribution in [0.15, 0.2) is 22.6 Å². The fourth-order valence-corrected chi connectivity index (χ4v) is 3.69. The maximum atomic E-state index is 12.7. The van der Waals surface area contributed by atoms with Gasteiger partial charge in [0.25, 0.3) is 5.91 Å². The molecule has 3 rings (SSSR count). The van der Waals surface area contributed by atoms with E-state index < -0.39 is 5.60 Å². The molecule has 7 heteroatoms. The molecule has 160 valence electrons. The highest BCUT2D eigenvalue weighted by atomic mass is 16.6. The van der Waals surface area contributed by atoms with Gasteiger partial charge in [-0.1, -0.05) is 0 Å². The topological polar surface area (TPSA) is 102 Å². The van der Waals surface area contributed by atoms with Crippen molar-refractivity contribution in [2.45, 2.75) is 71.1 Å². The van der Waals surface area contributed by atoms with Gasteiger partial charge in [0.15, 0.2) is 5.76 Å². The van der Waals surface area contributed by atoms with E-state index in [0.29, 0.717) is 11.1 Å². The Morgan fingerprint density at radius 2 is 1.93 bits per heavy atom. The molecule has 1 fully saturated rings. The van der Waals surface area contributed by atoms with Gasteiger partial charge in [-0.15, -0.1) is 0 Å². The molecule has 0 aliphatic heterocycles. The number of aryl methyl sites for hydroxylation is 1. The lowest BCUT2D eigenvalue weighted by atomic mass is 9.93. The molecule has 1 aliphatic rings. The summed E-state index contributed by atoms with van der Waals surface area (Å²) in [6.45, 7) is 7.24. The normalized spacial score (nSPS) is 19.3. The van der Waals surface area contributed by atoms with Gasteiger partial charge in [-0.2, -0.15) is 5.26 Å². The van der Waals surface area contributed by atoms with Gasteiger partial charge in [0.05, 0.1) is 17.7 Å².